The number of halogens is 1. The lowest BCUT2D eigenvalue weighted by molar-refractivity contribution is -0.146. The summed E-state index contributed by atoms with van der Waals surface area (Å²) in [6.07, 6.45) is 7.23. The van der Waals surface area contributed by atoms with Crippen LogP contribution in [0, 0.1) is 0 Å². The zero-order valence-corrected chi connectivity index (χ0v) is 13.4. The first-order valence-corrected chi connectivity index (χ1v) is 8.27. The van der Waals surface area contributed by atoms with Gasteiger partial charge in [0.15, 0.2) is 0 Å². The first kappa shape index (κ1) is 16.3. The highest BCUT2D eigenvalue weighted by molar-refractivity contribution is 6.31. The Morgan fingerprint density at radius 2 is 1.95 bits per heavy atom. The molecule has 1 aromatic rings. The molecule has 0 radical (unpaired) electrons. The van der Waals surface area contributed by atoms with Crippen LogP contribution < -0.4 is 5.32 Å². The van der Waals surface area contributed by atoms with Gasteiger partial charge in [-0.25, -0.2) is 4.79 Å². The van der Waals surface area contributed by atoms with Crippen molar-refractivity contribution < 1.29 is 9.53 Å². The molecule has 0 bridgehead atoms. The second-order valence-electron chi connectivity index (χ2n) is 5.56. The molecule has 1 fully saturated rings. The maximum absolute atomic E-state index is 12.3. The lowest BCUT2D eigenvalue weighted by Gasteiger charge is -2.24. The van der Waals surface area contributed by atoms with Gasteiger partial charge in [0.05, 0.1) is 6.61 Å². The van der Waals surface area contributed by atoms with Crippen molar-refractivity contribution in [1.29, 1.82) is 0 Å². The summed E-state index contributed by atoms with van der Waals surface area (Å²) in [5.41, 5.74) is 0.807. The third-order valence-electron chi connectivity index (χ3n) is 4.00. The number of nitrogens with one attached hydrogen (secondary N) is 1. The molecule has 116 valence electrons. The van der Waals surface area contributed by atoms with Gasteiger partial charge in [0.2, 0.25) is 0 Å². The summed E-state index contributed by atoms with van der Waals surface area (Å²) >= 11 is 6.27. The number of rotatable bonds is 5. The fraction of sp³-hybridized carbons (Fsp3) is 0.588. The summed E-state index contributed by atoms with van der Waals surface area (Å²) in [7, 11) is 0. The maximum Gasteiger partial charge on any atom is 0.327 e. The van der Waals surface area contributed by atoms with Gasteiger partial charge >= 0.3 is 5.97 Å². The highest BCUT2D eigenvalue weighted by Crippen LogP contribution is 2.26. The van der Waals surface area contributed by atoms with Gasteiger partial charge in [-0.15, -0.1) is 0 Å². The second-order valence-corrected chi connectivity index (χ2v) is 5.97. The van der Waals surface area contributed by atoms with Crippen molar-refractivity contribution in [3.05, 3.63) is 34.9 Å². The summed E-state index contributed by atoms with van der Waals surface area (Å²) in [6, 6.07) is 7.38. The van der Waals surface area contributed by atoms with Crippen molar-refractivity contribution in [3.63, 3.8) is 0 Å². The fourth-order valence-corrected chi connectivity index (χ4v) is 3.15. The van der Waals surface area contributed by atoms with Crippen LogP contribution in [0.4, 0.5) is 0 Å². The van der Waals surface area contributed by atoms with Crippen LogP contribution in [0.3, 0.4) is 0 Å². The van der Waals surface area contributed by atoms with Gasteiger partial charge in [-0.2, -0.15) is 0 Å². The first-order valence-electron chi connectivity index (χ1n) is 7.89. The van der Waals surface area contributed by atoms with Crippen LogP contribution in [0.5, 0.6) is 0 Å². The smallest absolute Gasteiger partial charge is 0.327 e. The van der Waals surface area contributed by atoms with Crippen molar-refractivity contribution in [2.75, 3.05) is 6.61 Å². The Labute approximate surface area is 132 Å². The number of carbonyl (C=O) groups excluding carboxylic acids is 1. The van der Waals surface area contributed by atoms with E-state index in [-0.39, 0.29) is 5.97 Å². The number of ether oxygens (including phenoxy) is 1. The highest BCUT2D eigenvalue weighted by atomic mass is 35.5. The molecule has 0 aliphatic heterocycles. The molecule has 1 N–H and O–H groups in total. The van der Waals surface area contributed by atoms with Crippen LogP contribution in [0.1, 0.15) is 57.1 Å². The molecule has 1 aromatic carbocycles. The molecule has 0 amide bonds. The third-order valence-corrected chi connectivity index (χ3v) is 4.34. The Kier molecular flexibility index (Phi) is 6.52. The molecule has 4 heteroatoms. The molecule has 1 atom stereocenters. The Morgan fingerprint density at radius 3 is 2.57 bits per heavy atom. The van der Waals surface area contributed by atoms with Crippen molar-refractivity contribution in [1.82, 2.24) is 5.32 Å². The van der Waals surface area contributed by atoms with Gasteiger partial charge < -0.3 is 4.74 Å². The van der Waals surface area contributed by atoms with Crippen LogP contribution in [-0.2, 0) is 9.53 Å². The topological polar surface area (TPSA) is 38.3 Å². The van der Waals surface area contributed by atoms with Gasteiger partial charge in [0.25, 0.3) is 0 Å². The number of benzene rings is 1. The summed E-state index contributed by atoms with van der Waals surface area (Å²) in [5.74, 6) is -0.241. The van der Waals surface area contributed by atoms with Crippen LogP contribution in [-0.4, -0.2) is 18.6 Å². The minimum absolute atomic E-state index is 0.241. The fourth-order valence-electron chi connectivity index (χ4n) is 2.90. The standard InChI is InChI=1S/C17H24ClNO2/c1-2-21-17(20)16(14-11-7-8-12-15(14)18)19-13-9-5-3-4-6-10-13/h7-8,11-13,16,19H,2-6,9-10H2,1H3. The van der Waals surface area contributed by atoms with E-state index in [4.69, 9.17) is 16.3 Å². The first-order chi connectivity index (χ1) is 10.2. The normalized spacial score (nSPS) is 18.0. The lowest BCUT2D eigenvalue weighted by atomic mass is 10.0. The van der Waals surface area contributed by atoms with E-state index in [0.29, 0.717) is 17.7 Å². The SMILES string of the molecule is CCOC(=O)C(NC1CCCCCC1)c1ccccc1Cl. The quantitative estimate of drug-likeness (QED) is 0.652. The molecule has 21 heavy (non-hydrogen) atoms. The molecular formula is C17H24ClNO2. The van der Waals surface area contributed by atoms with Crippen molar-refractivity contribution in [2.45, 2.75) is 57.5 Å². The van der Waals surface area contributed by atoms with Crippen LogP contribution >= 0.6 is 11.6 Å². The number of carbonyl (C=O) groups is 1. The maximum atomic E-state index is 12.3. The van der Waals surface area contributed by atoms with Gasteiger partial charge in [0.1, 0.15) is 6.04 Å². The van der Waals surface area contributed by atoms with Gasteiger partial charge in [0, 0.05) is 11.1 Å². The van der Waals surface area contributed by atoms with E-state index in [1.54, 1.807) is 0 Å². The monoisotopic (exact) mass is 309 g/mol. The largest absolute Gasteiger partial charge is 0.465 e. The predicted octanol–water partition coefficient (Wildman–Crippen LogP) is 4.26. The minimum atomic E-state index is -0.471. The molecule has 0 spiro atoms. The van der Waals surface area contributed by atoms with Crippen molar-refractivity contribution >= 4 is 17.6 Å². The predicted molar refractivity (Wildman–Crippen MR) is 85.5 cm³/mol. The summed E-state index contributed by atoms with van der Waals surface area (Å²) in [5, 5.41) is 4.09. The van der Waals surface area contributed by atoms with E-state index in [1.165, 1.54) is 25.7 Å². The van der Waals surface area contributed by atoms with Gasteiger partial charge in [-0.05, 0) is 31.4 Å². The summed E-state index contributed by atoms with van der Waals surface area (Å²) in [4.78, 5) is 12.3. The van der Waals surface area contributed by atoms with Gasteiger partial charge in [-0.3, -0.25) is 5.32 Å². The Morgan fingerprint density at radius 1 is 1.29 bits per heavy atom. The second kappa shape index (κ2) is 8.40. The van der Waals surface area contributed by atoms with Gasteiger partial charge in [-0.1, -0.05) is 55.5 Å². The Balaban J connectivity index is 2.15. The van der Waals surface area contributed by atoms with E-state index in [9.17, 15) is 4.79 Å². The zero-order chi connectivity index (χ0) is 15.1. The number of esters is 1. The molecular weight excluding hydrogens is 286 g/mol. The lowest BCUT2D eigenvalue weighted by Crippen LogP contribution is -2.38. The molecule has 0 aromatic heterocycles. The molecule has 1 aliphatic rings. The molecule has 1 aliphatic carbocycles. The highest BCUT2D eigenvalue weighted by Gasteiger charge is 2.27. The molecule has 2 rings (SSSR count). The summed E-state index contributed by atoms with van der Waals surface area (Å²) in [6.45, 7) is 2.21. The zero-order valence-electron chi connectivity index (χ0n) is 12.6. The average Bonchev–Trinajstić information content (AvgIpc) is 2.74. The number of hydrogen-bond donors (Lipinski definition) is 1. The minimum Gasteiger partial charge on any atom is -0.465 e. The molecule has 0 saturated heterocycles. The molecule has 0 heterocycles. The van der Waals surface area contributed by atoms with Crippen LogP contribution in [0.2, 0.25) is 5.02 Å². The average molecular weight is 310 g/mol. The van der Waals surface area contributed by atoms with E-state index in [0.717, 1.165) is 18.4 Å². The van der Waals surface area contributed by atoms with Crippen LogP contribution in [0.15, 0.2) is 24.3 Å². The summed E-state index contributed by atoms with van der Waals surface area (Å²) < 4.78 is 5.23. The Bertz CT molecular complexity index is 456. The van der Waals surface area contributed by atoms with Crippen molar-refractivity contribution in [2.24, 2.45) is 0 Å². The van der Waals surface area contributed by atoms with Crippen molar-refractivity contribution in [3.8, 4) is 0 Å². The van der Waals surface area contributed by atoms with E-state index in [2.05, 4.69) is 5.32 Å². The Hall–Kier alpha value is -1.06. The van der Waals surface area contributed by atoms with Crippen LogP contribution in [0.25, 0.3) is 0 Å². The molecule has 3 nitrogen and oxygen atoms in total. The van der Waals surface area contributed by atoms with E-state index in [1.807, 2.05) is 31.2 Å². The van der Waals surface area contributed by atoms with E-state index >= 15 is 0 Å². The third kappa shape index (κ3) is 4.72. The number of hydrogen-bond acceptors (Lipinski definition) is 3. The molecule has 1 saturated carbocycles. The molecule has 1 unspecified atom stereocenters. The van der Waals surface area contributed by atoms with E-state index < -0.39 is 6.04 Å².